The van der Waals surface area contributed by atoms with Crippen LogP contribution in [0.15, 0.2) is 23.2 Å². The van der Waals surface area contributed by atoms with Crippen molar-refractivity contribution in [1.29, 1.82) is 0 Å². The van der Waals surface area contributed by atoms with Crippen LogP contribution in [0.1, 0.15) is 13.8 Å². The van der Waals surface area contributed by atoms with Crippen molar-refractivity contribution in [1.82, 2.24) is 4.98 Å². The van der Waals surface area contributed by atoms with Gasteiger partial charge in [0.15, 0.2) is 12.1 Å². The average molecular weight is 280 g/mol. The van der Waals surface area contributed by atoms with Crippen LogP contribution in [0.3, 0.4) is 0 Å². The Labute approximate surface area is 116 Å². The quantitative estimate of drug-likeness (QED) is 0.657. The maximum atomic E-state index is 11.8. The molecule has 1 saturated heterocycles. The standard InChI is InChI=1S/C13H16N2O5/c1-13(2)19-11(16)8(12(17)20-13)7-14-9-5-4-6-10(15-9)18-3/h4-8,11,16H,1-3H3/b14-7+. The van der Waals surface area contributed by atoms with Crippen LogP contribution in [0.4, 0.5) is 5.82 Å². The third kappa shape index (κ3) is 3.31. The fourth-order valence-corrected chi connectivity index (χ4v) is 1.70. The Morgan fingerprint density at radius 2 is 2.25 bits per heavy atom. The van der Waals surface area contributed by atoms with E-state index in [9.17, 15) is 9.90 Å². The van der Waals surface area contributed by atoms with Crippen LogP contribution in [0.5, 0.6) is 5.88 Å². The highest BCUT2D eigenvalue weighted by atomic mass is 16.8. The number of esters is 1. The Bertz CT molecular complexity index is 529. The Balaban J connectivity index is 2.12. The van der Waals surface area contributed by atoms with Gasteiger partial charge < -0.3 is 19.3 Å². The predicted octanol–water partition coefficient (Wildman–Crippen LogP) is 1.04. The van der Waals surface area contributed by atoms with Crippen LogP contribution in [0, 0.1) is 5.92 Å². The van der Waals surface area contributed by atoms with Crippen molar-refractivity contribution in [3.8, 4) is 5.88 Å². The number of nitrogens with zero attached hydrogens (tertiary/aromatic N) is 2. The van der Waals surface area contributed by atoms with Gasteiger partial charge in [-0.1, -0.05) is 6.07 Å². The normalized spacial score (nSPS) is 25.5. The molecule has 0 bridgehead atoms. The highest BCUT2D eigenvalue weighted by molar-refractivity contribution is 5.91. The second-order valence-corrected chi connectivity index (χ2v) is 4.67. The Kier molecular flexibility index (Phi) is 4.01. The van der Waals surface area contributed by atoms with E-state index in [1.165, 1.54) is 13.3 Å². The lowest BCUT2D eigenvalue weighted by Gasteiger charge is -2.35. The third-order valence-corrected chi connectivity index (χ3v) is 2.62. The summed E-state index contributed by atoms with van der Waals surface area (Å²) in [6.45, 7) is 3.09. The number of aliphatic hydroxyl groups excluding tert-OH is 1. The second kappa shape index (κ2) is 5.56. The molecule has 20 heavy (non-hydrogen) atoms. The number of aliphatic imine (C=N–C) groups is 1. The molecule has 2 unspecified atom stereocenters. The van der Waals surface area contributed by atoms with Crippen molar-refractivity contribution in [3.63, 3.8) is 0 Å². The first kappa shape index (κ1) is 14.4. The van der Waals surface area contributed by atoms with Gasteiger partial charge in [-0.05, 0) is 6.07 Å². The predicted molar refractivity (Wildman–Crippen MR) is 69.7 cm³/mol. The average Bonchev–Trinajstić information content (AvgIpc) is 2.36. The van der Waals surface area contributed by atoms with E-state index in [-0.39, 0.29) is 0 Å². The van der Waals surface area contributed by atoms with E-state index in [1.807, 2.05) is 0 Å². The molecule has 1 aromatic heterocycles. The molecule has 0 aliphatic carbocycles. The van der Waals surface area contributed by atoms with Gasteiger partial charge in [0.2, 0.25) is 11.7 Å². The minimum atomic E-state index is -1.30. The first-order valence-electron chi connectivity index (χ1n) is 6.05. The maximum Gasteiger partial charge on any atom is 0.322 e. The van der Waals surface area contributed by atoms with E-state index >= 15 is 0 Å². The number of cyclic esters (lactones) is 1. The molecule has 1 aliphatic heterocycles. The smallest absolute Gasteiger partial charge is 0.322 e. The summed E-state index contributed by atoms with van der Waals surface area (Å²) in [5.74, 6) is -1.97. The number of methoxy groups -OCH3 is 1. The van der Waals surface area contributed by atoms with Crippen LogP contribution < -0.4 is 4.74 Å². The molecule has 1 aromatic rings. The SMILES string of the molecule is COc1cccc(/N=C/C2C(=O)OC(C)(C)OC2O)n1. The van der Waals surface area contributed by atoms with Crippen LogP contribution in [-0.2, 0) is 14.3 Å². The van der Waals surface area contributed by atoms with Gasteiger partial charge >= 0.3 is 5.97 Å². The molecule has 2 rings (SSSR count). The zero-order valence-corrected chi connectivity index (χ0v) is 11.4. The number of carbonyl (C=O) groups excluding carboxylic acids is 1. The molecule has 0 saturated carbocycles. The fraction of sp³-hybridized carbons (Fsp3) is 0.462. The molecule has 1 fully saturated rings. The lowest BCUT2D eigenvalue weighted by Crippen LogP contribution is -2.49. The van der Waals surface area contributed by atoms with Crippen molar-refractivity contribution in [2.75, 3.05) is 7.11 Å². The Morgan fingerprint density at radius 3 is 2.90 bits per heavy atom. The lowest BCUT2D eigenvalue weighted by atomic mass is 10.1. The minimum absolute atomic E-state index is 0.356. The van der Waals surface area contributed by atoms with Crippen molar-refractivity contribution in [3.05, 3.63) is 18.2 Å². The molecular formula is C13H16N2O5. The Hall–Kier alpha value is -1.99. The van der Waals surface area contributed by atoms with Gasteiger partial charge in [-0.15, -0.1) is 0 Å². The Morgan fingerprint density at radius 1 is 1.50 bits per heavy atom. The summed E-state index contributed by atoms with van der Waals surface area (Å²) in [4.78, 5) is 19.9. The maximum absolute atomic E-state index is 11.8. The molecule has 2 atom stereocenters. The molecule has 1 aliphatic rings. The summed E-state index contributed by atoms with van der Waals surface area (Å²) >= 11 is 0. The van der Waals surface area contributed by atoms with Crippen LogP contribution in [0.25, 0.3) is 0 Å². The largest absolute Gasteiger partial charge is 0.481 e. The van der Waals surface area contributed by atoms with E-state index in [4.69, 9.17) is 14.2 Å². The lowest BCUT2D eigenvalue weighted by molar-refractivity contribution is -0.306. The van der Waals surface area contributed by atoms with Crippen LogP contribution in [0.2, 0.25) is 0 Å². The third-order valence-electron chi connectivity index (χ3n) is 2.62. The first-order chi connectivity index (χ1) is 9.41. The number of carbonyl (C=O) groups is 1. The summed E-state index contributed by atoms with van der Waals surface area (Å²) in [6.07, 6.45) is -0.0510. The van der Waals surface area contributed by atoms with Gasteiger partial charge in [0.05, 0.1) is 7.11 Å². The number of hydrogen-bond acceptors (Lipinski definition) is 7. The van der Waals surface area contributed by atoms with E-state index in [2.05, 4.69) is 9.98 Å². The highest BCUT2D eigenvalue weighted by Gasteiger charge is 2.41. The molecule has 1 N–H and O–H groups in total. The van der Waals surface area contributed by atoms with Crippen molar-refractivity contribution in [2.24, 2.45) is 10.9 Å². The molecular weight excluding hydrogens is 264 g/mol. The number of pyridine rings is 1. The van der Waals surface area contributed by atoms with Gasteiger partial charge in [0.25, 0.3) is 0 Å². The summed E-state index contributed by atoms with van der Waals surface area (Å²) in [5, 5.41) is 9.79. The summed E-state index contributed by atoms with van der Waals surface area (Å²) in [5.41, 5.74) is 0. The van der Waals surface area contributed by atoms with E-state index < -0.39 is 24.0 Å². The minimum Gasteiger partial charge on any atom is -0.481 e. The topological polar surface area (TPSA) is 90.2 Å². The van der Waals surface area contributed by atoms with Gasteiger partial charge in [-0.25, -0.2) is 4.99 Å². The van der Waals surface area contributed by atoms with E-state index in [1.54, 1.807) is 32.0 Å². The summed E-state index contributed by atoms with van der Waals surface area (Å²) in [6, 6.07) is 5.03. The van der Waals surface area contributed by atoms with Crippen molar-refractivity contribution in [2.45, 2.75) is 25.9 Å². The highest BCUT2D eigenvalue weighted by Crippen LogP contribution is 2.25. The van der Waals surface area contributed by atoms with Gasteiger partial charge in [0, 0.05) is 26.1 Å². The monoisotopic (exact) mass is 280 g/mol. The molecule has 0 amide bonds. The number of hydrogen-bond donors (Lipinski definition) is 1. The number of aromatic nitrogens is 1. The van der Waals surface area contributed by atoms with Crippen LogP contribution >= 0.6 is 0 Å². The molecule has 0 spiro atoms. The van der Waals surface area contributed by atoms with E-state index in [0.29, 0.717) is 11.7 Å². The zero-order valence-electron chi connectivity index (χ0n) is 11.4. The van der Waals surface area contributed by atoms with Gasteiger partial charge in [-0.3, -0.25) is 4.79 Å². The molecule has 7 nitrogen and oxygen atoms in total. The first-order valence-corrected chi connectivity index (χ1v) is 6.05. The fourth-order valence-electron chi connectivity index (χ4n) is 1.70. The van der Waals surface area contributed by atoms with Crippen LogP contribution in [-0.4, -0.2) is 41.5 Å². The molecule has 0 aromatic carbocycles. The molecule has 2 heterocycles. The van der Waals surface area contributed by atoms with Gasteiger partial charge in [-0.2, -0.15) is 4.98 Å². The van der Waals surface area contributed by atoms with E-state index in [0.717, 1.165) is 0 Å². The number of rotatable bonds is 3. The van der Waals surface area contributed by atoms with Crippen molar-refractivity contribution >= 4 is 18.0 Å². The second-order valence-electron chi connectivity index (χ2n) is 4.67. The molecule has 7 heteroatoms. The van der Waals surface area contributed by atoms with Crippen molar-refractivity contribution < 1.29 is 24.1 Å². The number of ether oxygens (including phenoxy) is 3. The van der Waals surface area contributed by atoms with Gasteiger partial charge in [0.1, 0.15) is 5.92 Å². The molecule has 0 radical (unpaired) electrons. The number of aliphatic hydroxyl groups is 1. The summed E-state index contributed by atoms with van der Waals surface area (Å²) in [7, 11) is 1.49. The zero-order chi connectivity index (χ0) is 14.8. The molecule has 108 valence electrons. The summed E-state index contributed by atoms with van der Waals surface area (Å²) < 4.78 is 15.2.